The summed E-state index contributed by atoms with van der Waals surface area (Å²) in [5, 5.41) is 4.67. The molecule has 3 nitrogen and oxygen atoms in total. The van der Waals surface area contributed by atoms with E-state index in [-0.39, 0.29) is 0 Å². The molecular weight excluding hydrogens is 693 g/mol. The fourth-order valence-electron chi connectivity index (χ4n) is 8.54. The smallest absolute Gasteiger partial charge is 0.143 e. The fourth-order valence-corrected chi connectivity index (χ4v) is 8.54. The van der Waals surface area contributed by atoms with Crippen LogP contribution in [0.1, 0.15) is 0 Å². The first-order valence-electron chi connectivity index (χ1n) is 19.4. The molecule has 0 aliphatic carbocycles. The molecule has 0 aliphatic heterocycles. The number of aromatic nitrogens is 1. The van der Waals surface area contributed by atoms with Crippen LogP contribution in [0.15, 0.2) is 223 Å². The molecule has 0 saturated carbocycles. The Morgan fingerprint density at radius 3 is 1.74 bits per heavy atom. The van der Waals surface area contributed by atoms with Crippen LogP contribution in [-0.2, 0) is 0 Å². The standard InChI is InChI=1S/C54H36N2O/c1-4-15-38(16-5-1)44-21-10-12-25-50(44)55(43-32-33-52-48(36-43)46-22-11-13-26-51(46)56(52)41-19-8-3-9-20-41)42-30-27-37(28-31-42)40-29-34-53-49(35-40)47-24-14-23-45(54(47)57-53)39-17-6-2-7-18-39/h1-36H. The van der Waals surface area contributed by atoms with Crippen molar-refractivity contribution in [2.45, 2.75) is 0 Å². The largest absolute Gasteiger partial charge is 0.455 e. The molecule has 0 unspecified atom stereocenters. The van der Waals surface area contributed by atoms with Crippen molar-refractivity contribution >= 4 is 60.8 Å². The van der Waals surface area contributed by atoms with E-state index in [1.54, 1.807) is 0 Å². The number of benzene rings is 9. The summed E-state index contributed by atoms with van der Waals surface area (Å²) in [4.78, 5) is 2.40. The second-order valence-electron chi connectivity index (χ2n) is 14.5. The second-order valence-corrected chi connectivity index (χ2v) is 14.5. The van der Waals surface area contributed by atoms with Gasteiger partial charge in [0.2, 0.25) is 0 Å². The minimum absolute atomic E-state index is 0.890. The van der Waals surface area contributed by atoms with Crippen molar-refractivity contribution in [3.63, 3.8) is 0 Å². The molecule has 57 heavy (non-hydrogen) atoms. The molecule has 0 saturated heterocycles. The molecule has 268 valence electrons. The van der Waals surface area contributed by atoms with Gasteiger partial charge in [-0.3, -0.25) is 0 Å². The van der Waals surface area contributed by atoms with Crippen molar-refractivity contribution in [1.29, 1.82) is 0 Å². The lowest BCUT2D eigenvalue weighted by atomic mass is 9.99. The molecule has 11 rings (SSSR count). The van der Waals surface area contributed by atoms with Gasteiger partial charge in [-0.2, -0.15) is 0 Å². The van der Waals surface area contributed by atoms with E-state index in [1.807, 2.05) is 6.07 Å². The number of nitrogens with zero attached hydrogens (tertiary/aromatic N) is 2. The Bertz CT molecular complexity index is 3220. The van der Waals surface area contributed by atoms with Crippen molar-refractivity contribution in [1.82, 2.24) is 4.57 Å². The minimum atomic E-state index is 0.890. The van der Waals surface area contributed by atoms with E-state index in [2.05, 4.69) is 222 Å². The first-order chi connectivity index (χ1) is 28.3. The van der Waals surface area contributed by atoms with E-state index in [4.69, 9.17) is 4.42 Å². The SMILES string of the molecule is c1ccc(-c2ccccc2N(c2ccc(-c3ccc4oc5c(-c6ccccc6)cccc5c4c3)cc2)c2ccc3c(c2)c2ccccc2n3-c2ccccc2)cc1. The normalized spacial score (nSPS) is 11.5. The number of hydrogen-bond donors (Lipinski definition) is 0. The average Bonchev–Trinajstić information content (AvgIpc) is 3.83. The monoisotopic (exact) mass is 728 g/mol. The Balaban J connectivity index is 1.05. The lowest BCUT2D eigenvalue weighted by molar-refractivity contribution is 0.670. The van der Waals surface area contributed by atoms with Gasteiger partial charge in [0.15, 0.2) is 0 Å². The second kappa shape index (κ2) is 13.6. The van der Waals surface area contributed by atoms with Gasteiger partial charge in [-0.15, -0.1) is 0 Å². The molecule has 2 heterocycles. The molecule has 0 fully saturated rings. The first-order valence-corrected chi connectivity index (χ1v) is 19.4. The van der Waals surface area contributed by atoms with Gasteiger partial charge in [0.05, 0.1) is 16.7 Å². The highest BCUT2D eigenvalue weighted by atomic mass is 16.3. The Morgan fingerprint density at radius 1 is 0.351 bits per heavy atom. The first kappa shape index (κ1) is 32.8. The van der Waals surface area contributed by atoms with Crippen LogP contribution < -0.4 is 4.90 Å². The van der Waals surface area contributed by atoms with Crippen molar-refractivity contribution in [2.24, 2.45) is 0 Å². The molecule has 11 aromatic rings. The number of fused-ring (bicyclic) bond motifs is 6. The maximum absolute atomic E-state index is 6.50. The van der Waals surface area contributed by atoms with E-state index in [1.165, 1.54) is 32.9 Å². The Hall–Kier alpha value is -7.62. The van der Waals surface area contributed by atoms with Crippen LogP contribution in [-0.4, -0.2) is 4.57 Å². The van der Waals surface area contributed by atoms with Gasteiger partial charge in [-0.25, -0.2) is 0 Å². The van der Waals surface area contributed by atoms with Crippen molar-refractivity contribution < 1.29 is 4.42 Å². The van der Waals surface area contributed by atoms with Gasteiger partial charge in [0.25, 0.3) is 0 Å². The Morgan fingerprint density at radius 2 is 0.947 bits per heavy atom. The van der Waals surface area contributed by atoms with E-state index in [0.717, 1.165) is 66.9 Å². The van der Waals surface area contributed by atoms with Gasteiger partial charge >= 0.3 is 0 Å². The average molecular weight is 729 g/mol. The molecular formula is C54H36N2O. The predicted octanol–water partition coefficient (Wildman–Crippen LogP) is 15.2. The maximum Gasteiger partial charge on any atom is 0.143 e. The molecule has 0 amide bonds. The third-order valence-corrected chi connectivity index (χ3v) is 11.2. The molecule has 9 aromatic carbocycles. The highest BCUT2D eigenvalue weighted by Gasteiger charge is 2.20. The third-order valence-electron chi connectivity index (χ3n) is 11.2. The number of para-hydroxylation sites is 4. The summed E-state index contributed by atoms with van der Waals surface area (Å²) >= 11 is 0. The van der Waals surface area contributed by atoms with Crippen molar-refractivity contribution in [3.8, 4) is 39.1 Å². The lowest BCUT2D eigenvalue weighted by Gasteiger charge is -2.28. The van der Waals surface area contributed by atoms with Gasteiger partial charge < -0.3 is 13.9 Å². The molecule has 0 bridgehead atoms. The number of hydrogen-bond acceptors (Lipinski definition) is 2. The summed E-state index contributed by atoms with van der Waals surface area (Å²) in [6, 6.07) is 78.1. The highest BCUT2D eigenvalue weighted by Crippen LogP contribution is 2.44. The highest BCUT2D eigenvalue weighted by molar-refractivity contribution is 6.12. The summed E-state index contributed by atoms with van der Waals surface area (Å²) in [6.45, 7) is 0. The zero-order valence-corrected chi connectivity index (χ0v) is 31.1. The number of anilines is 3. The zero-order chi connectivity index (χ0) is 37.7. The predicted molar refractivity (Wildman–Crippen MR) is 239 cm³/mol. The van der Waals surface area contributed by atoms with E-state index >= 15 is 0 Å². The zero-order valence-electron chi connectivity index (χ0n) is 31.1. The van der Waals surface area contributed by atoms with Crippen molar-refractivity contribution in [2.75, 3.05) is 4.90 Å². The van der Waals surface area contributed by atoms with Crippen LogP contribution in [0, 0.1) is 0 Å². The van der Waals surface area contributed by atoms with Crippen LogP contribution in [0.3, 0.4) is 0 Å². The Kier molecular flexibility index (Phi) is 7.82. The topological polar surface area (TPSA) is 21.3 Å². The lowest BCUT2D eigenvalue weighted by Crippen LogP contribution is -2.11. The molecule has 0 atom stereocenters. The summed E-state index contributed by atoms with van der Waals surface area (Å²) in [5.74, 6) is 0. The van der Waals surface area contributed by atoms with Crippen LogP contribution in [0.5, 0.6) is 0 Å². The van der Waals surface area contributed by atoms with Crippen LogP contribution in [0.4, 0.5) is 17.1 Å². The summed E-state index contributed by atoms with van der Waals surface area (Å²) in [7, 11) is 0. The molecule has 0 N–H and O–H groups in total. The van der Waals surface area contributed by atoms with E-state index in [0.29, 0.717) is 0 Å². The fraction of sp³-hybridized carbons (Fsp3) is 0. The Labute approximate surface area is 330 Å². The van der Waals surface area contributed by atoms with Crippen LogP contribution >= 0.6 is 0 Å². The molecule has 3 heteroatoms. The number of rotatable bonds is 7. The van der Waals surface area contributed by atoms with E-state index in [9.17, 15) is 0 Å². The maximum atomic E-state index is 6.50. The third kappa shape index (κ3) is 5.60. The summed E-state index contributed by atoms with van der Waals surface area (Å²) in [5.41, 5.74) is 15.5. The number of furan rings is 1. The molecule has 2 aromatic heterocycles. The molecule has 0 spiro atoms. The van der Waals surface area contributed by atoms with E-state index < -0.39 is 0 Å². The van der Waals surface area contributed by atoms with Gasteiger partial charge in [0.1, 0.15) is 11.2 Å². The van der Waals surface area contributed by atoms with Gasteiger partial charge in [-0.1, -0.05) is 152 Å². The van der Waals surface area contributed by atoms with Crippen molar-refractivity contribution in [3.05, 3.63) is 218 Å². The summed E-state index contributed by atoms with van der Waals surface area (Å²) in [6.07, 6.45) is 0. The molecule has 0 aliphatic rings. The van der Waals surface area contributed by atoms with Gasteiger partial charge in [-0.05, 0) is 89.0 Å². The minimum Gasteiger partial charge on any atom is -0.455 e. The quantitative estimate of drug-likeness (QED) is 0.163. The van der Waals surface area contributed by atoms with Gasteiger partial charge in [0, 0.05) is 49.7 Å². The molecule has 0 radical (unpaired) electrons. The summed E-state index contributed by atoms with van der Waals surface area (Å²) < 4.78 is 8.87. The van der Waals surface area contributed by atoms with Crippen LogP contribution in [0.2, 0.25) is 0 Å². The van der Waals surface area contributed by atoms with Crippen LogP contribution in [0.25, 0.3) is 82.8 Å².